The van der Waals surface area contributed by atoms with Gasteiger partial charge < -0.3 is 14.7 Å². The van der Waals surface area contributed by atoms with Gasteiger partial charge >= 0.3 is 15.5 Å². The van der Waals surface area contributed by atoms with Gasteiger partial charge in [0.15, 0.2) is 0 Å². The first-order valence-electron chi connectivity index (χ1n) is 12.2. The summed E-state index contributed by atoms with van der Waals surface area (Å²) in [6, 6.07) is 7.52. The summed E-state index contributed by atoms with van der Waals surface area (Å²) in [5, 5.41) is 0. The maximum atomic E-state index is 13.2. The largest absolute Gasteiger partial charge is 0.516 e. The van der Waals surface area contributed by atoms with Gasteiger partial charge in [0.25, 0.3) is 5.91 Å². The summed E-state index contributed by atoms with van der Waals surface area (Å²) in [6.07, 6.45) is 6.21. The number of primary amides is 1. The van der Waals surface area contributed by atoms with Crippen molar-refractivity contribution in [1.29, 1.82) is 0 Å². The fourth-order valence-electron chi connectivity index (χ4n) is 4.81. The molecule has 1 amide bonds. The number of rotatable bonds is 9. The van der Waals surface area contributed by atoms with E-state index in [4.69, 9.17) is 15.1 Å². The molecule has 206 valence electrons. The Morgan fingerprint density at radius 1 is 1.21 bits per heavy atom. The summed E-state index contributed by atoms with van der Waals surface area (Å²) >= 11 is 3.56. The second kappa shape index (κ2) is 10.0. The zero-order chi connectivity index (χ0) is 28.1. The molecule has 0 saturated heterocycles. The number of carbonyl (C=O) groups is 1. The predicted molar refractivity (Wildman–Crippen MR) is 143 cm³/mol. The number of para-hydroxylation sites is 1. The summed E-state index contributed by atoms with van der Waals surface area (Å²) in [5.74, 6) is 0.473. The van der Waals surface area contributed by atoms with Crippen LogP contribution in [0, 0.1) is 5.92 Å². The van der Waals surface area contributed by atoms with Crippen molar-refractivity contribution in [3.05, 3.63) is 70.1 Å². The monoisotopic (exact) mass is 624 g/mol. The molecule has 1 aromatic heterocycles. The molecule has 2 aliphatic carbocycles. The second-order valence-electron chi connectivity index (χ2n) is 9.42. The molecule has 3 aliphatic rings. The van der Waals surface area contributed by atoms with E-state index in [2.05, 4.69) is 15.9 Å². The van der Waals surface area contributed by atoms with E-state index in [1.165, 1.54) is 30.7 Å². The summed E-state index contributed by atoms with van der Waals surface area (Å²) in [6.45, 7) is 2.02. The minimum atomic E-state index is -5.69. The molecule has 0 bridgehead atoms. The van der Waals surface area contributed by atoms with Crippen molar-refractivity contribution in [3.8, 4) is 22.3 Å². The van der Waals surface area contributed by atoms with Crippen LogP contribution in [0.25, 0.3) is 22.3 Å². The number of amides is 1. The Morgan fingerprint density at radius 2 is 1.92 bits per heavy atom. The Balaban J connectivity index is 1.71. The number of hydrogen-bond donors (Lipinski definition) is 2. The highest BCUT2D eigenvalue weighted by Crippen LogP contribution is 2.48. The van der Waals surface area contributed by atoms with Gasteiger partial charge in [0.05, 0.1) is 30.5 Å². The Morgan fingerprint density at radius 3 is 2.56 bits per heavy atom. The van der Waals surface area contributed by atoms with Crippen molar-refractivity contribution in [2.24, 2.45) is 11.7 Å². The lowest BCUT2D eigenvalue weighted by Crippen LogP contribution is -2.30. The molecule has 5 rings (SSSR count). The van der Waals surface area contributed by atoms with E-state index in [1.807, 2.05) is 6.92 Å². The van der Waals surface area contributed by atoms with Gasteiger partial charge in [-0.15, -0.1) is 0 Å². The number of benzene rings is 1. The van der Waals surface area contributed by atoms with E-state index in [9.17, 15) is 26.4 Å². The number of nitrogens with two attached hydrogens (primary N) is 1. The number of anilines is 1. The highest BCUT2D eigenvalue weighted by molar-refractivity contribution is 9.10. The molecular formula is C26H24BrF3N4O4S. The number of nitrogens with zero attached hydrogens (tertiary/aromatic N) is 2. The van der Waals surface area contributed by atoms with Gasteiger partial charge in [0, 0.05) is 27.6 Å². The predicted octanol–water partition coefficient (Wildman–Crippen LogP) is 5.93. The van der Waals surface area contributed by atoms with Gasteiger partial charge in [-0.25, -0.2) is 4.98 Å². The Kier molecular flexibility index (Phi) is 7.00. The van der Waals surface area contributed by atoms with Crippen LogP contribution in [-0.4, -0.2) is 29.4 Å². The lowest BCUT2D eigenvalue weighted by Gasteiger charge is -2.17. The fourth-order valence-corrected chi connectivity index (χ4v) is 6.15. The first-order chi connectivity index (χ1) is 18.4. The van der Waals surface area contributed by atoms with Crippen LogP contribution in [0.2, 0.25) is 0 Å². The molecule has 0 radical (unpaired) electrons. The molecule has 1 saturated carbocycles. The normalized spacial score (nSPS) is 14.2. The SMILES string of the molecule is CCc1nc(CC2CC2)c(C(N)=O)n1Cc1c2ccocc-2c(Br)c1-c1ccccc1NS(=O)(=O)C(F)(F)F. The van der Waals surface area contributed by atoms with Crippen molar-refractivity contribution in [2.45, 2.75) is 44.7 Å². The van der Waals surface area contributed by atoms with E-state index in [0.29, 0.717) is 62.7 Å². The minimum absolute atomic E-state index is 0.112. The smallest absolute Gasteiger partial charge is 0.472 e. The molecular weight excluding hydrogens is 601 g/mol. The molecule has 0 unspecified atom stereocenters. The number of alkyl halides is 3. The number of carbonyl (C=O) groups excluding carboxylic acids is 1. The van der Waals surface area contributed by atoms with Crippen LogP contribution in [0.3, 0.4) is 0 Å². The molecule has 1 fully saturated rings. The number of halogens is 4. The quantitative estimate of drug-likeness (QED) is 0.239. The lowest BCUT2D eigenvalue weighted by molar-refractivity contribution is -0.0429. The van der Waals surface area contributed by atoms with Gasteiger partial charge in [-0.2, -0.15) is 21.6 Å². The van der Waals surface area contributed by atoms with E-state index in [1.54, 1.807) is 21.4 Å². The molecule has 8 nitrogen and oxygen atoms in total. The number of aryl methyl sites for hydroxylation is 1. The van der Waals surface area contributed by atoms with Crippen molar-refractivity contribution in [3.63, 3.8) is 0 Å². The zero-order valence-corrected chi connectivity index (χ0v) is 23.1. The molecule has 0 spiro atoms. The Labute approximate surface area is 230 Å². The minimum Gasteiger partial charge on any atom is -0.472 e. The van der Waals surface area contributed by atoms with Crippen LogP contribution in [0.1, 0.15) is 47.3 Å². The first-order valence-corrected chi connectivity index (χ1v) is 14.4. The maximum absolute atomic E-state index is 13.2. The Hall–Kier alpha value is -3.32. The standard InChI is InChI=1S/C26H24BrF3N4O4S/c1-2-21-32-20(11-14-7-8-14)24(25(31)35)34(21)12-17-15-9-10-38-13-18(15)23(27)22(17)16-5-3-4-6-19(16)33-39(36,37)26(28,29)30/h3-6,9-10,13-14,33H,2,7-8,11-12H2,1H3,(H2,31,35). The highest BCUT2D eigenvalue weighted by Gasteiger charge is 2.46. The molecule has 0 atom stereocenters. The third-order valence-electron chi connectivity index (χ3n) is 6.78. The number of hydrogen-bond acceptors (Lipinski definition) is 5. The number of sulfonamides is 1. The number of imidazole rings is 1. The maximum Gasteiger partial charge on any atom is 0.516 e. The van der Waals surface area contributed by atoms with Crippen LogP contribution >= 0.6 is 15.9 Å². The molecule has 3 N–H and O–H groups in total. The van der Waals surface area contributed by atoms with Gasteiger partial charge in [-0.3, -0.25) is 9.52 Å². The molecule has 1 aromatic carbocycles. The summed E-state index contributed by atoms with van der Waals surface area (Å²) in [4.78, 5) is 17.4. The van der Waals surface area contributed by atoms with Crippen LogP contribution in [-0.2, 0) is 29.4 Å². The van der Waals surface area contributed by atoms with E-state index in [0.717, 1.165) is 12.8 Å². The summed E-state index contributed by atoms with van der Waals surface area (Å²) in [5.41, 5.74) is 3.59. The van der Waals surface area contributed by atoms with Gasteiger partial charge in [-0.05, 0) is 64.4 Å². The summed E-state index contributed by atoms with van der Waals surface area (Å²) < 4.78 is 73.0. The molecule has 2 heterocycles. The molecule has 39 heavy (non-hydrogen) atoms. The average molecular weight is 625 g/mol. The third-order valence-corrected chi connectivity index (χ3v) is 8.70. The number of nitrogens with one attached hydrogen (secondary N) is 1. The van der Waals surface area contributed by atoms with Crippen LogP contribution in [0.5, 0.6) is 0 Å². The van der Waals surface area contributed by atoms with Crippen LogP contribution < -0.4 is 10.5 Å². The van der Waals surface area contributed by atoms with E-state index < -0.39 is 21.4 Å². The molecule has 1 aliphatic heterocycles. The van der Waals surface area contributed by atoms with E-state index in [-0.39, 0.29) is 17.8 Å². The summed E-state index contributed by atoms with van der Waals surface area (Å²) in [7, 11) is -5.69. The first kappa shape index (κ1) is 27.3. The lowest BCUT2D eigenvalue weighted by atomic mass is 10.0. The van der Waals surface area contributed by atoms with Crippen molar-refractivity contribution < 1.29 is 30.8 Å². The molecule has 2 aromatic rings. The third kappa shape index (κ3) is 5.05. The highest BCUT2D eigenvalue weighted by atomic mass is 79.9. The van der Waals surface area contributed by atoms with Gasteiger partial charge in [0.1, 0.15) is 11.5 Å². The van der Waals surface area contributed by atoms with Gasteiger partial charge in [-0.1, -0.05) is 25.1 Å². The average Bonchev–Trinajstić information content (AvgIpc) is 3.56. The van der Waals surface area contributed by atoms with Gasteiger partial charge in [0.2, 0.25) is 0 Å². The van der Waals surface area contributed by atoms with Crippen LogP contribution in [0.15, 0.2) is 51.7 Å². The van der Waals surface area contributed by atoms with Crippen molar-refractivity contribution in [2.75, 3.05) is 4.72 Å². The zero-order valence-electron chi connectivity index (χ0n) is 20.7. The molecule has 13 heteroatoms. The van der Waals surface area contributed by atoms with Crippen molar-refractivity contribution in [1.82, 2.24) is 9.55 Å². The Bertz CT molecular complexity index is 1640. The topological polar surface area (TPSA) is 120 Å². The number of fused-ring (bicyclic) bond motifs is 1. The van der Waals surface area contributed by atoms with Crippen molar-refractivity contribution >= 4 is 37.5 Å². The fraction of sp³-hybridized carbons (Fsp3) is 0.308. The van der Waals surface area contributed by atoms with Crippen LogP contribution in [0.4, 0.5) is 18.9 Å². The number of aromatic nitrogens is 2. The van der Waals surface area contributed by atoms with E-state index >= 15 is 0 Å². The second-order valence-corrected chi connectivity index (χ2v) is 11.9.